The first-order chi connectivity index (χ1) is 12.5. The van der Waals surface area contributed by atoms with E-state index in [1.165, 1.54) is 6.92 Å². The highest BCUT2D eigenvalue weighted by Gasteiger charge is 2.21. The van der Waals surface area contributed by atoms with Gasteiger partial charge in [-0.25, -0.2) is 4.98 Å². The van der Waals surface area contributed by atoms with Gasteiger partial charge in [-0.1, -0.05) is 6.07 Å². The average Bonchev–Trinajstić information content (AvgIpc) is 3.17. The molecular formula is C19H20N4O3. The zero-order chi connectivity index (χ0) is 18.5. The lowest BCUT2D eigenvalue weighted by Gasteiger charge is -2.14. The van der Waals surface area contributed by atoms with Crippen molar-refractivity contribution in [2.24, 2.45) is 0 Å². The second-order valence-corrected chi connectivity index (χ2v) is 6.12. The van der Waals surface area contributed by atoms with E-state index < -0.39 is 5.91 Å². The summed E-state index contributed by atoms with van der Waals surface area (Å²) in [6, 6.07) is 11.6. The maximum atomic E-state index is 12.4. The monoisotopic (exact) mass is 352 g/mol. The number of nitrogens with one attached hydrogen (secondary N) is 2. The van der Waals surface area contributed by atoms with Crippen molar-refractivity contribution in [3.8, 4) is 0 Å². The highest BCUT2D eigenvalue weighted by Crippen LogP contribution is 2.15. The van der Waals surface area contributed by atoms with Crippen LogP contribution < -0.4 is 10.6 Å². The van der Waals surface area contributed by atoms with Crippen molar-refractivity contribution >= 4 is 29.1 Å². The number of likely N-dealkylation sites (tertiary alicyclic amines) is 1. The molecule has 0 atom stereocenters. The van der Waals surface area contributed by atoms with Crippen molar-refractivity contribution < 1.29 is 14.4 Å². The zero-order valence-electron chi connectivity index (χ0n) is 14.5. The normalized spacial score (nSPS) is 13.3. The van der Waals surface area contributed by atoms with Gasteiger partial charge in [0.25, 0.3) is 11.8 Å². The minimum Gasteiger partial charge on any atom is -0.337 e. The van der Waals surface area contributed by atoms with Gasteiger partial charge in [-0.05, 0) is 49.2 Å². The zero-order valence-corrected chi connectivity index (χ0v) is 14.5. The summed E-state index contributed by atoms with van der Waals surface area (Å²) < 4.78 is 0. The molecule has 1 aromatic carbocycles. The minimum atomic E-state index is -0.395. The Kier molecular flexibility index (Phi) is 5.26. The number of aromatic nitrogens is 1. The molecule has 2 aromatic rings. The maximum Gasteiger partial charge on any atom is 0.274 e. The molecule has 7 nitrogen and oxygen atoms in total. The van der Waals surface area contributed by atoms with Crippen molar-refractivity contribution in [2.75, 3.05) is 23.7 Å². The Bertz CT molecular complexity index is 827. The molecule has 0 spiro atoms. The number of rotatable bonds is 4. The maximum absolute atomic E-state index is 12.4. The first-order valence-corrected chi connectivity index (χ1v) is 8.48. The van der Waals surface area contributed by atoms with E-state index in [1.807, 2.05) is 0 Å². The quantitative estimate of drug-likeness (QED) is 0.884. The van der Waals surface area contributed by atoms with Gasteiger partial charge >= 0.3 is 0 Å². The summed E-state index contributed by atoms with van der Waals surface area (Å²) in [4.78, 5) is 41.8. The predicted molar refractivity (Wildman–Crippen MR) is 98.1 cm³/mol. The largest absolute Gasteiger partial charge is 0.337 e. The van der Waals surface area contributed by atoms with Crippen molar-refractivity contribution in [2.45, 2.75) is 19.8 Å². The minimum absolute atomic E-state index is 0.142. The Balaban J connectivity index is 1.68. The Hall–Kier alpha value is -3.22. The van der Waals surface area contributed by atoms with Crippen LogP contribution in [0.25, 0.3) is 0 Å². The summed E-state index contributed by atoms with van der Waals surface area (Å²) >= 11 is 0. The first-order valence-electron chi connectivity index (χ1n) is 8.48. The molecule has 0 unspecified atom stereocenters. The lowest BCUT2D eigenvalue weighted by Crippen LogP contribution is -2.29. The molecule has 1 aromatic heterocycles. The van der Waals surface area contributed by atoms with Gasteiger partial charge in [0.15, 0.2) is 0 Å². The molecule has 1 aliphatic rings. The van der Waals surface area contributed by atoms with Crippen molar-refractivity contribution in [1.82, 2.24) is 9.88 Å². The van der Waals surface area contributed by atoms with Crippen molar-refractivity contribution in [1.29, 1.82) is 0 Å². The Labute approximate surface area is 151 Å². The van der Waals surface area contributed by atoms with E-state index in [1.54, 1.807) is 47.4 Å². The predicted octanol–water partition coefficient (Wildman–Crippen LogP) is 2.53. The van der Waals surface area contributed by atoms with Gasteiger partial charge in [-0.3, -0.25) is 14.4 Å². The topological polar surface area (TPSA) is 91.4 Å². The van der Waals surface area contributed by atoms with Gasteiger partial charge in [0.05, 0.1) is 0 Å². The molecule has 7 heteroatoms. The smallest absolute Gasteiger partial charge is 0.274 e. The molecule has 2 heterocycles. The number of carbonyl (C=O) groups is 3. The summed E-state index contributed by atoms with van der Waals surface area (Å²) in [6.07, 6.45) is 2.00. The second kappa shape index (κ2) is 7.77. The van der Waals surface area contributed by atoms with Gasteiger partial charge in [0.1, 0.15) is 11.4 Å². The van der Waals surface area contributed by atoms with Crippen LogP contribution in [0.15, 0.2) is 42.5 Å². The SMILES string of the molecule is CC(=O)Nc1ccc(NC(=O)c2cccc(C(=O)N3CCCC3)n2)cc1. The lowest BCUT2D eigenvalue weighted by atomic mass is 10.2. The van der Waals surface area contributed by atoms with E-state index in [2.05, 4.69) is 15.6 Å². The molecule has 134 valence electrons. The number of pyridine rings is 1. The van der Waals surface area contributed by atoms with E-state index in [9.17, 15) is 14.4 Å². The summed E-state index contributed by atoms with van der Waals surface area (Å²) in [5, 5.41) is 5.39. The molecular weight excluding hydrogens is 332 g/mol. The van der Waals surface area contributed by atoms with Gasteiger partial charge in [0.2, 0.25) is 5.91 Å². The Morgan fingerprint density at radius 1 is 0.885 bits per heavy atom. The Morgan fingerprint density at radius 3 is 2.08 bits per heavy atom. The van der Waals surface area contributed by atoms with Crippen LogP contribution >= 0.6 is 0 Å². The summed E-state index contributed by atoms with van der Waals surface area (Å²) in [6.45, 7) is 2.90. The number of hydrogen-bond acceptors (Lipinski definition) is 4. The number of amides is 3. The molecule has 1 saturated heterocycles. The third-order valence-electron chi connectivity index (χ3n) is 4.06. The van der Waals surface area contributed by atoms with Crippen LogP contribution in [0, 0.1) is 0 Å². The summed E-state index contributed by atoms with van der Waals surface area (Å²) in [7, 11) is 0. The van der Waals surface area contributed by atoms with Crippen LogP contribution in [0.5, 0.6) is 0 Å². The van der Waals surface area contributed by atoms with E-state index in [0.29, 0.717) is 11.4 Å². The molecule has 2 N–H and O–H groups in total. The van der Waals surface area contributed by atoms with Gasteiger partial charge in [-0.2, -0.15) is 0 Å². The molecule has 3 amide bonds. The summed E-state index contributed by atoms with van der Waals surface area (Å²) in [5.74, 6) is -0.698. The third-order valence-corrected chi connectivity index (χ3v) is 4.06. The van der Waals surface area contributed by atoms with E-state index >= 15 is 0 Å². The number of anilines is 2. The van der Waals surface area contributed by atoms with Crippen LogP contribution in [0.3, 0.4) is 0 Å². The molecule has 3 rings (SSSR count). The van der Waals surface area contributed by atoms with E-state index in [0.717, 1.165) is 25.9 Å². The number of benzene rings is 1. The summed E-state index contributed by atoms with van der Waals surface area (Å²) in [5.41, 5.74) is 1.68. The number of carbonyl (C=O) groups excluding carboxylic acids is 3. The van der Waals surface area contributed by atoms with E-state index in [-0.39, 0.29) is 23.2 Å². The standard InChI is InChI=1S/C19H20N4O3/c1-13(24)20-14-7-9-15(10-8-14)21-18(25)16-5-4-6-17(22-16)19(26)23-11-2-3-12-23/h4-10H,2-3,11-12H2,1H3,(H,20,24)(H,21,25). The van der Waals surface area contributed by atoms with Crippen molar-refractivity contribution in [3.63, 3.8) is 0 Å². The Morgan fingerprint density at radius 2 is 1.46 bits per heavy atom. The molecule has 1 aliphatic heterocycles. The molecule has 0 saturated carbocycles. The highest BCUT2D eigenvalue weighted by molar-refractivity contribution is 6.04. The fraction of sp³-hybridized carbons (Fsp3) is 0.263. The number of hydrogen-bond donors (Lipinski definition) is 2. The van der Waals surface area contributed by atoms with Crippen LogP contribution in [-0.2, 0) is 4.79 Å². The van der Waals surface area contributed by atoms with E-state index in [4.69, 9.17) is 0 Å². The average molecular weight is 352 g/mol. The third kappa shape index (κ3) is 4.24. The lowest BCUT2D eigenvalue weighted by molar-refractivity contribution is -0.114. The van der Waals surface area contributed by atoms with Crippen LogP contribution in [-0.4, -0.2) is 40.7 Å². The first kappa shape index (κ1) is 17.6. The fourth-order valence-electron chi connectivity index (χ4n) is 2.80. The highest BCUT2D eigenvalue weighted by atomic mass is 16.2. The van der Waals surface area contributed by atoms with Crippen LogP contribution in [0.2, 0.25) is 0 Å². The number of nitrogens with zero attached hydrogens (tertiary/aromatic N) is 2. The van der Waals surface area contributed by atoms with Gasteiger partial charge in [0, 0.05) is 31.4 Å². The fourth-order valence-corrected chi connectivity index (χ4v) is 2.80. The van der Waals surface area contributed by atoms with Crippen LogP contribution in [0.1, 0.15) is 40.7 Å². The molecule has 0 radical (unpaired) electrons. The van der Waals surface area contributed by atoms with Crippen LogP contribution in [0.4, 0.5) is 11.4 Å². The molecule has 0 aliphatic carbocycles. The van der Waals surface area contributed by atoms with Gasteiger partial charge < -0.3 is 15.5 Å². The molecule has 26 heavy (non-hydrogen) atoms. The second-order valence-electron chi connectivity index (χ2n) is 6.12. The molecule has 0 bridgehead atoms. The van der Waals surface area contributed by atoms with Crippen molar-refractivity contribution in [3.05, 3.63) is 53.9 Å². The molecule has 1 fully saturated rings. The van der Waals surface area contributed by atoms with Gasteiger partial charge in [-0.15, -0.1) is 0 Å².